The molecular weight excluding hydrogens is 495 g/mol. The Morgan fingerprint density at radius 2 is 1.21 bits per heavy atom. The second-order valence-corrected chi connectivity index (χ2v) is 10.1. The topological polar surface area (TPSA) is 210 Å². The first kappa shape index (κ1) is 36.8. The van der Waals surface area contributed by atoms with Crippen molar-refractivity contribution in [3.05, 3.63) is 0 Å². The Kier molecular flexibility index (Phi) is 23.0. The van der Waals surface area contributed by atoms with Gasteiger partial charge >= 0.3 is 47.5 Å². The molecule has 0 aliphatic heterocycles. The van der Waals surface area contributed by atoms with Crippen molar-refractivity contribution in [1.29, 1.82) is 0 Å². The summed E-state index contributed by atoms with van der Waals surface area (Å²) in [6.45, 7) is 2.44. The van der Waals surface area contributed by atoms with Gasteiger partial charge in [0.15, 0.2) is 11.0 Å². The fourth-order valence-corrected chi connectivity index (χ4v) is 3.43. The van der Waals surface area contributed by atoms with Gasteiger partial charge in [0.2, 0.25) is 0 Å². The summed E-state index contributed by atoms with van der Waals surface area (Å²) < 4.78 is 62.6. The SMILES string of the molecule is CCCCCCCCCCCCOC(=O)CS(=O)(=O)O.O=C(O)CC(C(=O)O)S(=O)(=O)O.[NaH]. The van der Waals surface area contributed by atoms with E-state index in [-0.39, 0.29) is 36.2 Å². The van der Waals surface area contributed by atoms with E-state index in [1.54, 1.807) is 0 Å². The molecule has 0 spiro atoms. The number of rotatable bonds is 17. The molecule has 0 bridgehead atoms. The van der Waals surface area contributed by atoms with Crippen LogP contribution in [0.3, 0.4) is 0 Å². The number of carbonyl (C=O) groups excluding carboxylic acids is 1. The fraction of sp³-hybridized carbons (Fsp3) is 0.833. The van der Waals surface area contributed by atoms with Crippen molar-refractivity contribution in [2.24, 2.45) is 0 Å². The molecule has 33 heavy (non-hydrogen) atoms. The predicted molar refractivity (Wildman–Crippen MR) is 122 cm³/mol. The Balaban J connectivity index is -0.000000596. The summed E-state index contributed by atoms with van der Waals surface area (Å²) in [5.41, 5.74) is 0. The molecule has 0 aromatic carbocycles. The molecule has 0 saturated carbocycles. The molecule has 0 radical (unpaired) electrons. The van der Waals surface area contributed by atoms with Gasteiger partial charge in [-0.3, -0.25) is 23.5 Å². The maximum atomic E-state index is 11.0. The van der Waals surface area contributed by atoms with E-state index < -0.39 is 55.6 Å². The van der Waals surface area contributed by atoms with Gasteiger partial charge in [0.25, 0.3) is 20.2 Å². The monoisotopic (exact) mass is 530 g/mol. The van der Waals surface area contributed by atoms with E-state index in [1.165, 1.54) is 44.9 Å². The number of carboxylic acids is 2. The molecule has 0 amide bonds. The molecule has 1 unspecified atom stereocenters. The predicted octanol–water partition coefficient (Wildman–Crippen LogP) is 1.49. The zero-order chi connectivity index (χ0) is 25.2. The number of aliphatic carboxylic acids is 2. The molecule has 0 aromatic heterocycles. The molecule has 0 fully saturated rings. The molecule has 12 nitrogen and oxygen atoms in total. The van der Waals surface area contributed by atoms with Crippen LogP contribution in [0.2, 0.25) is 0 Å². The summed E-state index contributed by atoms with van der Waals surface area (Å²) in [7, 11) is -9.10. The van der Waals surface area contributed by atoms with Crippen LogP contribution < -0.4 is 0 Å². The Morgan fingerprint density at radius 1 is 0.788 bits per heavy atom. The van der Waals surface area contributed by atoms with Gasteiger partial charge in [0, 0.05) is 0 Å². The first-order valence-corrected chi connectivity index (χ1v) is 13.3. The molecule has 15 heteroatoms. The van der Waals surface area contributed by atoms with E-state index in [4.69, 9.17) is 24.1 Å². The van der Waals surface area contributed by atoms with Gasteiger partial charge in [-0.05, 0) is 6.42 Å². The van der Waals surface area contributed by atoms with Crippen LogP contribution in [0.4, 0.5) is 0 Å². The number of carboxylic acid groups (broad SMARTS) is 2. The first-order valence-electron chi connectivity index (χ1n) is 10.2. The van der Waals surface area contributed by atoms with Crippen LogP contribution in [0.25, 0.3) is 0 Å². The van der Waals surface area contributed by atoms with Crippen molar-refractivity contribution in [3.8, 4) is 0 Å². The minimum absolute atomic E-state index is 0. The Bertz CT molecular complexity index is 765. The Morgan fingerprint density at radius 3 is 1.52 bits per heavy atom. The zero-order valence-corrected chi connectivity index (χ0v) is 19.8. The van der Waals surface area contributed by atoms with E-state index in [0.717, 1.165) is 19.3 Å². The molecule has 0 aliphatic rings. The van der Waals surface area contributed by atoms with Gasteiger partial charge < -0.3 is 14.9 Å². The minimum atomic E-state index is -4.84. The Labute approximate surface area is 217 Å². The first-order chi connectivity index (χ1) is 14.7. The fourth-order valence-electron chi connectivity index (χ4n) is 2.44. The second-order valence-electron chi connectivity index (χ2n) is 7.07. The average Bonchev–Trinajstić information content (AvgIpc) is 2.62. The van der Waals surface area contributed by atoms with E-state index in [9.17, 15) is 31.2 Å². The summed E-state index contributed by atoms with van der Waals surface area (Å²) in [4.78, 5) is 31.0. The van der Waals surface area contributed by atoms with Crippen LogP contribution in [0.5, 0.6) is 0 Å². The second kappa shape index (κ2) is 20.6. The molecule has 192 valence electrons. The Hall–Kier alpha value is -0.770. The van der Waals surface area contributed by atoms with Crippen molar-refractivity contribution in [2.45, 2.75) is 82.8 Å². The number of carbonyl (C=O) groups is 3. The van der Waals surface area contributed by atoms with Gasteiger partial charge in [-0.2, -0.15) is 16.8 Å². The number of unbranched alkanes of at least 4 members (excludes halogenated alkanes) is 9. The third-order valence-corrected chi connectivity index (χ3v) is 5.74. The van der Waals surface area contributed by atoms with Crippen molar-refractivity contribution in [1.82, 2.24) is 0 Å². The van der Waals surface area contributed by atoms with Crippen LogP contribution in [0, 0.1) is 0 Å². The van der Waals surface area contributed by atoms with Crippen molar-refractivity contribution >= 4 is 67.7 Å². The third-order valence-electron chi connectivity index (χ3n) is 4.06. The van der Waals surface area contributed by atoms with Crippen LogP contribution in [0.15, 0.2) is 0 Å². The zero-order valence-electron chi connectivity index (χ0n) is 18.1. The van der Waals surface area contributed by atoms with E-state index in [2.05, 4.69) is 6.92 Å². The third kappa shape index (κ3) is 27.4. The number of ether oxygens (including phenoxy) is 1. The van der Waals surface area contributed by atoms with E-state index >= 15 is 0 Å². The van der Waals surface area contributed by atoms with Crippen molar-refractivity contribution in [3.63, 3.8) is 0 Å². The molecule has 0 aliphatic carbocycles. The van der Waals surface area contributed by atoms with Gasteiger partial charge in [0.05, 0.1) is 13.0 Å². The van der Waals surface area contributed by atoms with Gasteiger partial charge in [-0.1, -0.05) is 64.7 Å². The molecule has 4 N–H and O–H groups in total. The summed E-state index contributed by atoms with van der Waals surface area (Å²) in [5.74, 6) is -5.34. The summed E-state index contributed by atoms with van der Waals surface area (Å²) in [5, 5.41) is 13.9. The van der Waals surface area contributed by atoms with Crippen LogP contribution in [0.1, 0.15) is 77.6 Å². The summed E-state index contributed by atoms with van der Waals surface area (Å²) in [6.07, 6.45) is 10.7. The summed E-state index contributed by atoms with van der Waals surface area (Å²) >= 11 is 0. The van der Waals surface area contributed by atoms with Gasteiger partial charge in [-0.15, -0.1) is 0 Å². The van der Waals surface area contributed by atoms with E-state index in [0.29, 0.717) is 0 Å². The molecule has 0 heterocycles. The summed E-state index contributed by atoms with van der Waals surface area (Å²) in [6, 6.07) is 0. The van der Waals surface area contributed by atoms with Gasteiger partial charge in [0.1, 0.15) is 0 Å². The van der Waals surface area contributed by atoms with Crippen LogP contribution >= 0.6 is 0 Å². The maximum absolute atomic E-state index is 11.0. The van der Waals surface area contributed by atoms with Crippen molar-refractivity contribution < 1.29 is 55.3 Å². The molecule has 0 aromatic rings. The number of esters is 1. The van der Waals surface area contributed by atoms with Crippen LogP contribution in [-0.4, -0.2) is 101 Å². The average molecular weight is 531 g/mol. The molecule has 0 saturated heterocycles. The molecule has 1 atom stereocenters. The standard InChI is InChI=1S/C14H28O5S.C4H6O7S.Na.H/c1-2-3-4-5-6-7-8-9-10-11-12-19-14(15)13-20(16,17)18;5-3(6)1-2(4(7)8)12(9,10)11;;/h2-13H2,1H3,(H,16,17,18);2H,1H2,(H,5,6)(H,7,8)(H,9,10,11);;. The molecule has 0 rings (SSSR count). The normalized spacial score (nSPS) is 12.0. The van der Waals surface area contributed by atoms with Crippen molar-refractivity contribution in [2.75, 3.05) is 12.4 Å². The quantitative estimate of drug-likeness (QED) is 0.0912. The number of hydrogen-bond donors (Lipinski definition) is 4. The molecular formula is C18H35NaO12S2. The van der Waals surface area contributed by atoms with Gasteiger partial charge in [-0.25, -0.2) is 0 Å². The van der Waals surface area contributed by atoms with Crippen LogP contribution in [-0.2, 0) is 39.4 Å². The number of hydrogen-bond acceptors (Lipinski definition) is 8. The van der Waals surface area contributed by atoms with E-state index in [1.807, 2.05) is 0 Å².